The number of piperidine rings is 1. The van der Waals surface area contributed by atoms with Gasteiger partial charge in [0.25, 0.3) is 0 Å². The molecule has 0 aromatic carbocycles. The van der Waals surface area contributed by atoms with Gasteiger partial charge in [-0.25, -0.2) is 12.7 Å². The third-order valence-corrected chi connectivity index (χ3v) is 5.70. The molecule has 0 saturated carbocycles. The second kappa shape index (κ2) is 7.15. The molecule has 0 bridgehead atoms. The highest BCUT2D eigenvalue weighted by atomic mass is 32.2. The van der Waals surface area contributed by atoms with Crippen LogP contribution in [-0.2, 0) is 16.6 Å². The van der Waals surface area contributed by atoms with Crippen LogP contribution in [0.3, 0.4) is 0 Å². The van der Waals surface area contributed by atoms with Gasteiger partial charge in [-0.2, -0.15) is 0 Å². The van der Waals surface area contributed by atoms with Crippen molar-refractivity contribution in [2.75, 3.05) is 18.8 Å². The summed E-state index contributed by atoms with van der Waals surface area (Å²) in [6, 6.07) is 4.36. The Morgan fingerprint density at radius 2 is 2.15 bits per heavy atom. The fourth-order valence-electron chi connectivity index (χ4n) is 2.49. The maximum atomic E-state index is 12.0. The molecule has 20 heavy (non-hydrogen) atoms. The van der Waals surface area contributed by atoms with Gasteiger partial charge in [-0.15, -0.1) is 0 Å². The molecule has 5 nitrogen and oxygen atoms in total. The fourth-order valence-corrected chi connectivity index (χ4v) is 4.03. The Hall–Kier alpha value is -0.980. The van der Waals surface area contributed by atoms with E-state index in [0.29, 0.717) is 25.6 Å². The third-order valence-electron chi connectivity index (χ3n) is 3.63. The van der Waals surface area contributed by atoms with Crippen molar-refractivity contribution in [2.45, 2.75) is 38.8 Å². The van der Waals surface area contributed by atoms with Gasteiger partial charge in [0, 0.05) is 38.1 Å². The van der Waals surface area contributed by atoms with Gasteiger partial charge in [-0.1, -0.05) is 13.0 Å². The summed E-state index contributed by atoms with van der Waals surface area (Å²) >= 11 is 0. The summed E-state index contributed by atoms with van der Waals surface area (Å²) in [5.41, 5.74) is 1.16. The number of aromatic nitrogens is 1. The highest BCUT2D eigenvalue weighted by molar-refractivity contribution is 7.89. The van der Waals surface area contributed by atoms with Crippen LogP contribution in [0, 0.1) is 0 Å². The van der Waals surface area contributed by atoms with Gasteiger partial charge in [0.1, 0.15) is 0 Å². The topological polar surface area (TPSA) is 62.3 Å². The second-order valence-electron chi connectivity index (χ2n) is 5.23. The molecule has 1 aromatic heterocycles. The molecule has 1 aliphatic rings. The minimum absolute atomic E-state index is 0.265. The van der Waals surface area contributed by atoms with Gasteiger partial charge in [-0.05, 0) is 30.9 Å². The molecule has 0 aliphatic carbocycles. The molecule has 2 heterocycles. The monoisotopic (exact) mass is 297 g/mol. The van der Waals surface area contributed by atoms with Crippen LogP contribution in [0.5, 0.6) is 0 Å². The van der Waals surface area contributed by atoms with E-state index < -0.39 is 10.0 Å². The van der Waals surface area contributed by atoms with E-state index in [1.165, 1.54) is 0 Å². The first-order valence-electron chi connectivity index (χ1n) is 7.22. The Bertz CT molecular complexity index is 496. The lowest BCUT2D eigenvalue weighted by Crippen LogP contribution is -2.45. The van der Waals surface area contributed by atoms with Gasteiger partial charge in [0.2, 0.25) is 10.0 Å². The summed E-state index contributed by atoms with van der Waals surface area (Å²) in [5.74, 6) is 0.265. The zero-order valence-electron chi connectivity index (χ0n) is 12.0. The first kappa shape index (κ1) is 15.4. The van der Waals surface area contributed by atoms with Crippen LogP contribution in [0.4, 0.5) is 0 Å². The molecule has 0 amide bonds. The summed E-state index contributed by atoms with van der Waals surface area (Å²) in [4.78, 5) is 4.09. The number of nitrogens with one attached hydrogen (secondary N) is 1. The third kappa shape index (κ3) is 4.26. The Kier molecular flexibility index (Phi) is 5.51. The normalized spacial score (nSPS) is 18.2. The summed E-state index contributed by atoms with van der Waals surface area (Å²) < 4.78 is 25.6. The molecule has 0 radical (unpaired) electrons. The lowest BCUT2D eigenvalue weighted by Gasteiger charge is -2.31. The molecular formula is C14H23N3O2S. The van der Waals surface area contributed by atoms with E-state index in [0.717, 1.165) is 24.9 Å². The standard InChI is InChI=1S/C14H23N3O2S/c1-2-10-20(18,19)17-8-5-14(6-9-17)16-12-13-4-3-7-15-11-13/h3-4,7,11,14,16H,2,5-6,8-10,12H2,1H3. The summed E-state index contributed by atoms with van der Waals surface area (Å²) in [6.45, 7) is 3.96. The SMILES string of the molecule is CCCS(=O)(=O)N1CCC(NCc2cccnc2)CC1. The van der Waals surface area contributed by atoms with E-state index in [4.69, 9.17) is 0 Å². The molecule has 0 unspecified atom stereocenters. The zero-order chi connectivity index (χ0) is 14.4. The number of nitrogens with zero attached hydrogens (tertiary/aromatic N) is 2. The van der Waals surface area contributed by atoms with Crippen molar-refractivity contribution in [1.82, 2.24) is 14.6 Å². The molecule has 0 atom stereocenters. The maximum Gasteiger partial charge on any atom is 0.214 e. The lowest BCUT2D eigenvalue weighted by atomic mass is 10.1. The van der Waals surface area contributed by atoms with E-state index in [9.17, 15) is 8.42 Å². The fraction of sp³-hybridized carbons (Fsp3) is 0.643. The van der Waals surface area contributed by atoms with Crippen LogP contribution in [0.1, 0.15) is 31.7 Å². The van der Waals surface area contributed by atoms with Crippen LogP contribution in [0.15, 0.2) is 24.5 Å². The zero-order valence-corrected chi connectivity index (χ0v) is 12.8. The van der Waals surface area contributed by atoms with Gasteiger partial charge in [0.15, 0.2) is 0 Å². The van der Waals surface area contributed by atoms with Crippen LogP contribution in [0.2, 0.25) is 0 Å². The molecule has 1 aromatic rings. The maximum absolute atomic E-state index is 12.0. The van der Waals surface area contributed by atoms with Crippen molar-refractivity contribution in [3.8, 4) is 0 Å². The summed E-state index contributed by atoms with van der Waals surface area (Å²) in [7, 11) is -3.03. The van der Waals surface area contributed by atoms with Crippen LogP contribution in [0.25, 0.3) is 0 Å². The molecule has 112 valence electrons. The molecule has 1 N–H and O–H groups in total. The highest BCUT2D eigenvalue weighted by Gasteiger charge is 2.26. The Morgan fingerprint density at radius 3 is 2.75 bits per heavy atom. The number of hydrogen-bond acceptors (Lipinski definition) is 4. The van der Waals surface area contributed by atoms with Crippen LogP contribution < -0.4 is 5.32 Å². The van der Waals surface area contributed by atoms with Gasteiger partial charge in [-0.3, -0.25) is 4.98 Å². The molecule has 6 heteroatoms. The summed E-state index contributed by atoms with van der Waals surface area (Å²) in [6.07, 6.45) is 6.06. The number of pyridine rings is 1. The molecule has 1 aliphatic heterocycles. The van der Waals surface area contributed by atoms with Crippen molar-refractivity contribution in [2.24, 2.45) is 0 Å². The minimum Gasteiger partial charge on any atom is -0.310 e. The molecule has 2 rings (SSSR count). The predicted octanol–water partition coefficient (Wildman–Crippen LogP) is 1.38. The summed E-state index contributed by atoms with van der Waals surface area (Å²) in [5, 5.41) is 3.48. The molecule has 0 spiro atoms. The van der Waals surface area contributed by atoms with Crippen LogP contribution in [-0.4, -0.2) is 42.6 Å². The van der Waals surface area contributed by atoms with E-state index >= 15 is 0 Å². The average molecular weight is 297 g/mol. The van der Waals surface area contributed by atoms with E-state index in [1.54, 1.807) is 10.5 Å². The molecular weight excluding hydrogens is 274 g/mol. The van der Waals surface area contributed by atoms with Crippen molar-refractivity contribution in [3.63, 3.8) is 0 Å². The Balaban J connectivity index is 1.77. The first-order valence-corrected chi connectivity index (χ1v) is 8.83. The molecule has 1 saturated heterocycles. The average Bonchev–Trinajstić information content (AvgIpc) is 2.47. The van der Waals surface area contributed by atoms with Gasteiger partial charge < -0.3 is 5.32 Å². The van der Waals surface area contributed by atoms with E-state index in [-0.39, 0.29) is 5.75 Å². The van der Waals surface area contributed by atoms with Crippen molar-refractivity contribution < 1.29 is 8.42 Å². The van der Waals surface area contributed by atoms with Crippen molar-refractivity contribution >= 4 is 10.0 Å². The van der Waals surface area contributed by atoms with Crippen LogP contribution >= 0.6 is 0 Å². The van der Waals surface area contributed by atoms with Gasteiger partial charge in [0.05, 0.1) is 5.75 Å². The predicted molar refractivity (Wildman–Crippen MR) is 79.7 cm³/mol. The lowest BCUT2D eigenvalue weighted by molar-refractivity contribution is 0.288. The number of hydrogen-bond donors (Lipinski definition) is 1. The Morgan fingerprint density at radius 1 is 1.40 bits per heavy atom. The van der Waals surface area contributed by atoms with Crippen molar-refractivity contribution in [1.29, 1.82) is 0 Å². The minimum atomic E-state index is -3.03. The number of sulfonamides is 1. The van der Waals surface area contributed by atoms with E-state index in [2.05, 4.69) is 10.3 Å². The molecule has 1 fully saturated rings. The van der Waals surface area contributed by atoms with Gasteiger partial charge >= 0.3 is 0 Å². The first-order chi connectivity index (χ1) is 9.62. The largest absolute Gasteiger partial charge is 0.310 e. The number of rotatable bonds is 6. The highest BCUT2D eigenvalue weighted by Crippen LogP contribution is 2.15. The van der Waals surface area contributed by atoms with E-state index in [1.807, 2.05) is 25.3 Å². The smallest absolute Gasteiger partial charge is 0.214 e. The van der Waals surface area contributed by atoms with Crippen molar-refractivity contribution in [3.05, 3.63) is 30.1 Å². The quantitative estimate of drug-likeness (QED) is 0.861. The second-order valence-corrected chi connectivity index (χ2v) is 7.32. The Labute approximate surface area is 121 Å².